The van der Waals surface area contributed by atoms with Crippen LogP contribution in [0.4, 0.5) is 5.82 Å². The number of unbranched alkanes of at least 4 members (excludes halogenated alkanes) is 1. The SMILES string of the molecule is [2H]C([2H])([2H])C([2H])(N(CCCCOCC(=O)OC(C)(C)C)c1cnc(-c2ccccc2)c(-c2ccccc2)n1)C([2H])([2H])[2H]. The molecule has 0 amide bonds. The van der Waals surface area contributed by atoms with Gasteiger partial charge in [-0.2, -0.15) is 0 Å². The predicted molar refractivity (Wildman–Crippen MR) is 141 cm³/mol. The minimum atomic E-state index is -3.22. The molecule has 0 atom stereocenters. The monoisotopic (exact) mass is 482 g/mol. The van der Waals surface area contributed by atoms with Gasteiger partial charge in [0, 0.05) is 38.5 Å². The zero-order chi connectivity index (χ0) is 31.2. The van der Waals surface area contributed by atoms with Crippen molar-refractivity contribution in [3.63, 3.8) is 0 Å². The van der Waals surface area contributed by atoms with Gasteiger partial charge in [0.1, 0.15) is 18.0 Å². The van der Waals surface area contributed by atoms with Crippen molar-refractivity contribution in [1.29, 1.82) is 0 Å². The molecule has 35 heavy (non-hydrogen) atoms. The molecule has 0 unspecified atom stereocenters. The molecule has 0 aliphatic heterocycles. The molecule has 0 fully saturated rings. The number of anilines is 1. The predicted octanol–water partition coefficient (Wildman–Crippen LogP) is 6.16. The van der Waals surface area contributed by atoms with Crippen molar-refractivity contribution in [2.45, 2.75) is 58.9 Å². The molecule has 1 heterocycles. The number of rotatable bonds is 11. The number of hydrogen-bond donors (Lipinski definition) is 0. The van der Waals surface area contributed by atoms with E-state index in [1.165, 1.54) is 6.20 Å². The number of ether oxygens (including phenoxy) is 2. The first-order chi connectivity index (χ1) is 19.5. The van der Waals surface area contributed by atoms with E-state index in [4.69, 9.17) is 24.1 Å². The third-order valence-electron chi connectivity index (χ3n) is 4.96. The van der Waals surface area contributed by atoms with E-state index in [0.717, 1.165) is 10.5 Å². The molecule has 0 N–H and O–H groups in total. The number of carbonyl (C=O) groups excluding carboxylic acids is 1. The molecule has 0 aliphatic carbocycles. The van der Waals surface area contributed by atoms with E-state index in [1.54, 1.807) is 20.8 Å². The first-order valence-electron chi connectivity index (χ1n) is 15.1. The van der Waals surface area contributed by atoms with Crippen molar-refractivity contribution < 1.29 is 23.9 Å². The average Bonchev–Trinajstić information content (AvgIpc) is 2.91. The lowest BCUT2D eigenvalue weighted by Crippen LogP contribution is -2.33. The highest BCUT2D eigenvalue weighted by atomic mass is 16.6. The molecule has 0 aliphatic rings. The molecule has 1 aromatic heterocycles. The second-order valence-electron chi connectivity index (χ2n) is 9.00. The van der Waals surface area contributed by atoms with Crippen LogP contribution in [0.15, 0.2) is 66.9 Å². The van der Waals surface area contributed by atoms with Gasteiger partial charge in [0.05, 0.1) is 19.0 Å². The zero-order valence-electron chi connectivity index (χ0n) is 27.5. The fourth-order valence-corrected chi connectivity index (χ4v) is 3.46. The van der Waals surface area contributed by atoms with Crippen LogP contribution >= 0.6 is 0 Å². The lowest BCUT2D eigenvalue weighted by Gasteiger charge is -2.28. The van der Waals surface area contributed by atoms with E-state index in [9.17, 15) is 4.79 Å². The van der Waals surface area contributed by atoms with Gasteiger partial charge >= 0.3 is 5.97 Å². The molecule has 0 spiro atoms. The summed E-state index contributed by atoms with van der Waals surface area (Å²) in [5, 5.41) is 0. The lowest BCUT2D eigenvalue weighted by atomic mass is 10.0. The number of carbonyl (C=O) groups is 1. The molecule has 6 nitrogen and oxygen atoms in total. The quantitative estimate of drug-likeness (QED) is 0.241. The van der Waals surface area contributed by atoms with Crippen molar-refractivity contribution in [2.24, 2.45) is 0 Å². The summed E-state index contributed by atoms with van der Waals surface area (Å²) in [5.74, 6) is -0.563. The second kappa shape index (κ2) is 12.5. The Morgan fingerprint density at radius 1 is 1.00 bits per heavy atom. The van der Waals surface area contributed by atoms with Crippen molar-refractivity contribution >= 4 is 11.8 Å². The molecule has 3 rings (SSSR count). The van der Waals surface area contributed by atoms with Gasteiger partial charge < -0.3 is 14.4 Å². The highest BCUT2D eigenvalue weighted by molar-refractivity contribution is 5.78. The highest BCUT2D eigenvalue weighted by Crippen LogP contribution is 2.31. The Bertz CT molecular complexity index is 1300. The maximum Gasteiger partial charge on any atom is 0.332 e. The highest BCUT2D eigenvalue weighted by Gasteiger charge is 2.18. The minimum absolute atomic E-state index is 0.0505. The van der Waals surface area contributed by atoms with Crippen LogP contribution < -0.4 is 4.90 Å². The number of nitrogens with zero attached hydrogens (tertiary/aromatic N) is 3. The van der Waals surface area contributed by atoms with Crippen LogP contribution in [0, 0.1) is 0 Å². The maximum atomic E-state index is 11.9. The summed E-state index contributed by atoms with van der Waals surface area (Å²) in [6, 6.07) is 15.4. The summed E-state index contributed by atoms with van der Waals surface area (Å²) in [7, 11) is 0. The summed E-state index contributed by atoms with van der Waals surface area (Å²) in [4.78, 5) is 22.2. The molecule has 0 saturated heterocycles. The first kappa shape index (κ1) is 18.1. The summed E-state index contributed by atoms with van der Waals surface area (Å²) >= 11 is 0. The first-order valence-corrected chi connectivity index (χ1v) is 11.6. The van der Waals surface area contributed by atoms with Gasteiger partial charge in [0.2, 0.25) is 0 Å². The average molecular weight is 483 g/mol. The van der Waals surface area contributed by atoms with E-state index in [1.807, 2.05) is 60.7 Å². The number of hydrogen-bond acceptors (Lipinski definition) is 6. The number of benzene rings is 2. The van der Waals surface area contributed by atoms with Crippen molar-refractivity contribution in [3.05, 3.63) is 66.9 Å². The van der Waals surface area contributed by atoms with E-state index in [-0.39, 0.29) is 32.0 Å². The fraction of sp³-hybridized carbons (Fsp3) is 0.414. The van der Waals surface area contributed by atoms with Gasteiger partial charge in [0.25, 0.3) is 0 Å². The molecule has 2 aromatic carbocycles. The van der Waals surface area contributed by atoms with E-state index >= 15 is 0 Å². The second-order valence-corrected chi connectivity index (χ2v) is 9.00. The van der Waals surface area contributed by atoms with Gasteiger partial charge in [-0.3, -0.25) is 4.98 Å². The van der Waals surface area contributed by atoms with Crippen LogP contribution in [0.5, 0.6) is 0 Å². The van der Waals surface area contributed by atoms with Gasteiger partial charge in [-0.15, -0.1) is 0 Å². The standard InChI is InChI=1S/C29H37N3O3/c1-22(2)32(18-12-13-19-34-21-26(33)35-29(3,4)5)25-20-30-27(23-14-8-6-9-15-23)28(31-25)24-16-10-7-11-17-24/h6-11,14-17,20,22H,12-13,18-19,21H2,1-5H3/i1D3,2D3,22D. The molecule has 186 valence electrons. The third kappa shape index (κ3) is 8.18. The molecule has 0 radical (unpaired) electrons. The molecule has 6 heteroatoms. The zero-order valence-corrected chi connectivity index (χ0v) is 20.5. The van der Waals surface area contributed by atoms with Crippen LogP contribution in [0.3, 0.4) is 0 Å². The largest absolute Gasteiger partial charge is 0.458 e. The van der Waals surface area contributed by atoms with Crippen molar-refractivity contribution in [1.82, 2.24) is 9.97 Å². The minimum Gasteiger partial charge on any atom is -0.458 e. The summed E-state index contributed by atoms with van der Waals surface area (Å²) < 4.78 is 68.1. The van der Waals surface area contributed by atoms with Crippen LogP contribution in [0.25, 0.3) is 22.5 Å². The van der Waals surface area contributed by atoms with Crippen LogP contribution in [0.1, 0.15) is 56.9 Å². The Morgan fingerprint density at radius 2 is 1.63 bits per heavy atom. The number of aromatic nitrogens is 2. The Labute approximate surface area is 219 Å². The van der Waals surface area contributed by atoms with Gasteiger partial charge in [-0.25, -0.2) is 9.78 Å². The van der Waals surface area contributed by atoms with E-state index in [0.29, 0.717) is 23.4 Å². The molecular formula is C29H37N3O3. The Kier molecular flexibility index (Phi) is 6.43. The summed E-state index contributed by atoms with van der Waals surface area (Å²) in [6.45, 7) is -1.43. The summed E-state index contributed by atoms with van der Waals surface area (Å²) in [6.07, 6.45) is 1.93. The Balaban J connectivity index is 1.96. The summed E-state index contributed by atoms with van der Waals surface area (Å²) in [5.41, 5.74) is 1.77. The molecule has 3 aromatic rings. The third-order valence-corrected chi connectivity index (χ3v) is 4.96. The van der Waals surface area contributed by atoms with E-state index in [2.05, 4.69) is 4.98 Å². The smallest absolute Gasteiger partial charge is 0.332 e. The Hall–Kier alpha value is -3.25. The van der Waals surface area contributed by atoms with E-state index < -0.39 is 31.3 Å². The van der Waals surface area contributed by atoms with Crippen LogP contribution in [0.2, 0.25) is 0 Å². The lowest BCUT2D eigenvalue weighted by molar-refractivity contribution is -0.160. The van der Waals surface area contributed by atoms with Crippen LogP contribution in [-0.2, 0) is 14.3 Å². The normalized spacial score (nSPS) is 15.5. The number of esters is 1. The fourth-order valence-electron chi connectivity index (χ4n) is 3.46. The molecular weight excluding hydrogens is 438 g/mol. The van der Waals surface area contributed by atoms with Crippen molar-refractivity contribution in [3.8, 4) is 22.5 Å². The Morgan fingerprint density at radius 3 is 2.23 bits per heavy atom. The van der Waals surface area contributed by atoms with Gasteiger partial charge in [-0.1, -0.05) is 60.7 Å². The topological polar surface area (TPSA) is 64.5 Å². The maximum absolute atomic E-state index is 11.9. The van der Waals surface area contributed by atoms with Gasteiger partial charge in [-0.05, 0) is 47.3 Å². The molecule has 0 saturated carbocycles. The van der Waals surface area contributed by atoms with Crippen molar-refractivity contribution in [2.75, 3.05) is 24.7 Å². The van der Waals surface area contributed by atoms with Gasteiger partial charge in [0.15, 0.2) is 0 Å². The van der Waals surface area contributed by atoms with Crippen LogP contribution in [-0.4, -0.2) is 47.3 Å². The molecule has 0 bridgehead atoms.